The van der Waals surface area contributed by atoms with Gasteiger partial charge >= 0.3 is 0 Å². The third-order valence-corrected chi connectivity index (χ3v) is 4.60. The molecule has 1 N–H and O–H groups in total. The first-order chi connectivity index (χ1) is 14.2. The minimum absolute atomic E-state index is 0.0702. The fraction of sp³-hybridized carbons (Fsp3) is 0.0909. The summed E-state index contributed by atoms with van der Waals surface area (Å²) in [7, 11) is 0. The van der Waals surface area contributed by atoms with Gasteiger partial charge in [0.1, 0.15) is 12.1 Å². The van der Waals surface area contributed by atoms with Crippen molar-refractivity contribution < 1.29 is 9.18 Å². The Bertz CT molecular complexity index is 1110. The van der Waals surface area contributed by atoms with Crippen LogP contribution in [-0.4, -0.2) is 26.1 Å². The Hall–Kier alpha value is -3.87. The molecular formula is C22H18FN5O. The number of carbonyl (C=O) groups is 1. The number of tetrazole rings is 1. The van der Waals surface area contributed by atoms with Gasteiger partial charge in [0.15, 0.2) is 0 Å². The van der Waals surface area contributed by atoms with Crippen LogP contribution in [0.4, 0.5) is 10.1 Å². The molecule has 1 heterocycles. The summed E-state index contributed by atoms with van der Waals surface area (Å²) in [5.74, 6) is -0.890. The fourth-order valence-corrected chi connectivity index (χ4v) is 3.10. The Morgan fingerprint density at radius 2 is 1.76 bits per heavy atom. The average Bonchev–Trinajstić information content (AvgIpc) is 3.30. The molecule has 4 aromatic rings. The molecule has 0 saturated carbocycles. The lowest BCUT2D eigenvalue weighted by Crippen LogP contribution is -2.16. The largest absolute Gasteiger partial charge is 0.319 e. The molecule has 0 aliphatic carbocycles. The molecule has 1 amide bonds. The van der Waals surface area contributed by atoms with Crippen LogP contribution in [0.2, 0.25) is 0 Å². The zero-order valence-corrected chi connectivity index (χ0v) is 15.5. The molecule has 0 fully saturated rings. The molecule has 6 nitrogen and oxygen atoms in total. The number of aryl methyl sites for hydroxylation is 2. The predicted molar refractivity (Wildman–Crippen MR) is 107 cm³/mol. The van der Waals surface area contributed by atoms with Crippen LogP contribution >= 0.6 is 0 Å². The van der Waals surface area contributed by atoms with Crippen molar-refractivity contribution in [3.63, 3.8) is 0 Å². The Morgan fingerprint density at radius 1 is 0.966 bits per heavy atom. The summed E-state index contributed by atoms with van der Waals surface area (Å²) in [6.07, 6.45) is 2.92. The van der Waals surface area contributed by atoms with Crippen molar-refractivity contribution in [2.24, 2.45) is 0 Å². The van der Waals surface area contributed by atoms with E-state index >= 15 is 0 Å². The molecule has 0 bridgehead atoms. The van der Waals surface area contributed by atoms with E-state index in [0.717, 1.165) is 12.0 Å². The standard InChI is InChI=1S/C22H18FN5O/c23-20-13-12-18(28-15-24-26-27-28)14-21(20)25-22(29)19-9-5-4-8-17(19)11-10-16-6-2-1-3-7-16/h1-9,12-15H,10-11H2,(H,25,29). The van der Waals surface area contributed by atoms with Gasteiger partial charge in [-0.05, 0) is 58.7 Å². The smallest absolute Gasteiger partial charge is 0.256 e. The minimum atomic E-state index is -0.531. The molecule has 1 aromatic heterocycles. The number of benzene rings is 3. The number of hydrogen-bond donors (Lipinski definition) is 1. The van der Waals surface area contributed by atoms with Gasteiger partial charge in [0.2, 0.25) is 0 Å². The highest BCUT2D eigenvalue weighted by Gasteiger charge is 2.14. The molecule has 4 rings (SSSR count). The van der Waals surface area contributed by atoms with Crippen molar-refractivity contribution in [2.45, 2.75) is 12.8 Å². The summed E-state index contributed by atoms with van der Waals surface area (Å²) in [6, 6.07) is 21.8. The number of aromatic nitrogens is 4. The molecule has 0 unspecified atom stereocenters. The highest BCUT2D eigenvalue weighted by Crippen LogP contribution is 2.20. The van der Waals surface area contributed by atoms with Gasteiger partial charge in [-0.3, -0.25) is 4.79 Å². The van der Waals surface area contributed by atoms with Crippen LogP contribution in [0.3, 0.4) is 0 Å². The third kappa shape index (κ3) is 4.35. The van der Waals surface area contributed by atoms with Crippen LogP contribution in [0, 0.1) is 5.82 Å². The maximum Gasteiger partial charge on any atom is 0.256 e. The van der Waals surface area contributed by atoms with Crippen molar-refractivity contribution in [1.29, 1.82) is 0 Å². The molecule has 0 atom stereocenters. The van der Waals surface area contributed by atoms with Crippen LogP contribution in [0.5, 0.6) is 0 Å². The summed E-state index contributed by atoms with van der Waals surface area (Å²) in [5.41, 5.74) is 3.24. The number of halogens is 1. The van der Waals surface area contributed by atoms with Crippen molar-refractivity contribution in [3.8, 4) is 5.69 Å². The highest BCUT2D eigenvalue weighted by molar-refractivity contribution is 6.05. The third-order valence-electron chi connectivity index (χ3n) is 4.60. The Kier molecular flexibility index (Phi) is 5.38. The van der Waals surface area contributed by atoms with Gasteiger partial charge in [-0.1, -0.05) is 48.5 Å². The number of nitrogens with zero attached hydrogens (tertiary/aromatic N) is 4. The second-order valence-corrected chi connectivity index (χ2v) is 6.52. The van der Waals surface area contributed by atoms with E-state index < -0.39 is 5.82 Å². The molecule has 29 heavy (non-hydrogen) atoms. The van der Waals surface area contributed by atoms with Gasteiger partial charge in [0.05, 0.1) is 11.4 Å². The highest BCUT2D eigenvalue weighted by atomic mass is 19.1. The lowest BCUT2D eigenvalue weighted by atomic mass is 9.99. The topological polar surface area (TPSA) is 72.7 Å². The van der Waals surface area contributed by atoms with Crippen LogP contribution in [-0.2, 0) is 12.8 Å². The number of rotatable bonds is 6. The van der Waals surface area contributed by atoms with Crippen LogP contribution in [0.15, 0.2) is 79.1 Å². The van der Waals surface area contributed by atoms with Crippen LogP contribution in [0.1, 0.15) is 21.5 Å². The lowest BCUT2D eigenvalue weighted by Gasteiger charge is -2.12. The van der Waals surface area contributed by atoms with Crippen molar-refractivity contribution >= 4 is 11.6 Å². The summed E-state index contributed by atoms with van der Waals surface area (Å²) in [6.45, 7) is 0. The molecule has 0 spiro atoms. The second-order valence-electron chi connectivity index (χ2n) is 6.52. The first-order valence-electron chi connectivity index (χ1n) is 9.17. The summed E-state index contributed by atoms with van der Waals surface area (Å²) in [5, 5.41) is 13.6. The van der Waals surface area contributed by atoms with Crippen molar-refractivity contribution in [1.82, 2.24) is 20.2 Å². The predicted octanol–water partition coefficient (Wildman–Crippen LogP) is 3.84. The molecule has 3 aromatic carbocycles. The van der Waals surface area contributed by atoms with Gasteiger partial charge in [0.25, 0.3) is 5.91 Å². The van der Waals surface area contributed by atoms with Gasteiger partial charge in [-0.25, -0.2) is 9.07 Å². The minimum Gasteiger partial charge on any atom is -0.319 e. The van der Waals surface area contributed by atoms with Crippen molar-refractivity contribution in [3.05, 3.63) is 102 Å². The Balaban J connectivity index is 1.54. The van der Waals surface area contributed by atoms with E-state index in [2.05, 4.69) is 33.0 Å². The van der Waals surface area contributed by atoms with E-state index in [-0.39, 0.29) is 11.6 Å². The first kappa shape index (κ1) is 18.5. The fourth-order valence-electron chi connectivity index (χ4n) is 3.10. The molecule has 0 aliphatic rings. The van der Waals surface area contributed by atoms with Gasteiger partial charge in [-0.15, -0.1) is 5.10 Å². The maximum absolute atomic E-state index is 14.3. The number of nitrogens with one attached hydrogen (secondary N) is 1. The van der Waals surface area contributed by atoms with E-state index in [0.29, 0.717) is 17.7 Å². The Labute approximate surface area is 167 Å². The quantitative estimate of drug-likeness (QED) is 0.546. The van der Waals surface area contributed by atoms with E-state index in [1.54, 1.807) is 12.1 Å². The van der Waals surface area contributed by atoms with Crippen LogP contribution in [0.25, 0.3) is 5.69 Å². The molecule has 7 heteroatoms. The lowest BCUT2D eigenvalue weighted by molar-refractivity contribution is 0.102. The maximum atomic E-state index is 14.3. The van der Waals surface area contributed by atoms with Crippen LogP contribution < -0.4 is 5.32 Å². The zero-order valence-electron chi connectivity index (χ0n) is 15.5. The molecule has 0 radical (unpaired) electrons. The molecule has 0 aliphatic heterocycles. The summed E-state index contributed by atoms with van der Waals surface area (Å²) in [4.78, 5) is 12.9. The summed E-state index contributed by atoms with van der Waals surface area (Å²) >= 11 is 0. The normalized spacial score (nSPS) is 10.7. The molecular weight excluding hydrogens is 369 g/mol. The van der Waals surface area contributed by atoms with Gasteiger partial charge in [0, 0.05) is 5.56 Å². The van der Waals surface area contributed by atoms with Gasteiger partial charge in [-0.2, -0.15) is 0 Å². The van der Waals surface area contributed by atoms with E-state index in [4.69, 9.17) is 0 Å². The SMILES string of the molecule is O=C(Nc1cc(-n2cnnn2)ccc1F)c1ccccc1CCc1ccccc1. The van der Waals surface area contributed by atoms with Crippen molar-refractivity contribution in [2.75, 3.05) is 5.32 Å². The van der Waals surface area contributed by atoms with E-state index in [9.17, 15) is 9.18 Å². The second kappa shape index (κ2) is 8.43. The summed E-state index contributed by atoms with van der Waals surface area (Å²) < 4.78 is 15.7. The monoisotopic (exact) mass is 387 g/mol. The van der Waals surface area contributed by atoms with E-state index in [1.165, 1.54) is 34.8 Å². The zero-order chi connectivity index (χ0) is 20.1. The number of amides is 1. The molecule has 144 valence electrons. The molecule has 0 saturated heterocycles. The number of anilines is 1. The first-order valence-corrected chi connectivity index (χ1v) is 9.17. The van der Waals surface area contributed by atoms with E-state index in [1.807, 2.05) is 30.3 Å². The number of hydrogen-bond acceptors (Lipinski definition) is 4. The van der Waals surface area contributed by atoms with Gasteiger partial charge < -0.3 is 5.32 Å². The number of carbonyl (C=O) groups excluding carboxylic acids is 1. The average molecular weight is 387 g/mol. The Morgan fingerprint density at radius 3 is 2.55 bits per heavy atom.